The van der Waals surface area contributed by atoms with E-state index in [1.165, 1.54) is 6.42 Å². The fourth-order valence-corrected chi connectivity index (χ4v) is 4.26. The number of amides is 2. The summed E-state index contributed by atoms with van der Waals surface area (Å²) < 4.78 is 0. The van der Waals surface area contributed by atoms with Gasteiger partial charge in [-0.3, -0.25) is 10.3 Å². The molecule has 3 rings (SSSR count). The van der Waals surface area contributed by atoms with Gasteiger partial charge in [0.15, 0.2) is 0 Å². The van der Waals surface area contributed by atoms with Crippen LogP contribution in [0.5, 0.6) is 0 Å². The highest BCUT2D eigenvalue weighted by atomic mass is 35.5. The van der Waals surface area contributed by atoms with E-state index in [-0.39, 0.29) is 6.03 Å². The van der Waals surface area contributed by atoms with Crippen LogP contribution in [-0.4, -0.2) is 68.8 Å². The molecule has 0 atom stereocenters. The predicted molar refractivity (Wildman–Crippen MR) is 112 cm³/mol. The van der Waals surface area contributed by atoms with Gasteiger partial charge in [-0.05, 0) is 43.9 Å². The number of hydrogen-bond donors (Lipinski definition) is 2. The molecular formula is C19H29Cl2N5O. The lowest BCUT2D eigenvalue weighted by atomic mass is 9.94. The van der Waals surface area contributed by atoms with Gasteiger partial charge in [-0.1, -0.05) is 29.3 Å². The van der Waals surface area contributed by atoms with E-state index < -0.39 is 0 Å². The van der Waals surface area contributed by atoms with Crippen molar-refractivity contribution in [1.29, 1.82) is 0 Å². The fourth-order valence-electron chi connectivity index (χ4n) is 3.85. The number of nitrogens with zero attached hydrogens (tertiary/aromatic N) is 3. The maximum absolute atomic E-state index is 11.4. The third-order valence-electron chi connectivity index (χ3n) is 5.60. The van der Waals surface area contributed by atoms with Crippen LogP contribution in [0.1, 0.15) is 19.3 Å². The topological polar surface area (TPSA) is 50.9 Å². The maximum Gasteiger partial charge on any atom is 0.329 e. The Morgan fingerprint density at radius 1 is 1.11 bits per heavy atom. The average molecular weight is 414 g/mol. The molecule has 2 saturated heterocycles. The number of anilines is 1. The Hall–Kier alpha value is -1.21. The summed E-state index contributed by atoms with van der Waals surface area (Å²) in [5.74, 6) is 0.744. The summed E-state index contributed by atoms with van der Waals surface area (Å²) in [6.07, 6.45) is 3.51. The van der Waals surface area contributed by atoms with Crippen LogP contribution in [-0.2, 0) is 0 Å². The first kappa shape index (κ1) is 20.5. The van der Waals surface area contributed by atoms with Gasteiger partial charge < -0.3 is 10.2 Å². The van der Waals surface area contributed by atoms with Gasteiger partial charge >= 0.3 is 6.03 Å². The van der Waals surface area contributed by atoms with Crippen LogP contribution in [0.25, 0.3) is 0 Å². The third-order valence-corrected chi connectivity index (χ3v) is 6.41. The first-order valence-electron chi connectivity index (χ1n) is 9.71. The van der Waals surface area contributed by atoms with Crippen molar-refractivity contribution >= 4 is 34.9 Å². The molecule has 8 heteroatoms. The molecule has 0 bridgehead atoms. The second kappa shape index (κ2) is 9.82. The fraction of sp³-hybridized carbons (Fsp3) is 0.632. The van der Waals surface area contributed by atoms with E-state index >= 15 is 0 Å². The number of hydrogen-bond acceptors (Lipinski definition) is 4. The Morgan fingerprint density at radius 3 is 2.48 bits per heavy atom. The average Bonchev–Trinajstić information content (AvgIpc) is 2.70. The lowest BCUT2D eigenvalue weighted by molar-refractivity contribution is 0.121. The van der Waals surface area contributed by atoms with E-state index in [1.807, 2.05) is 23.2 Å². The molecule has 0 aliphatic carbocycles. The molecule has 150 valence electrons. The van der Waals surface area contributed by atoms with Crippen molar-refractivity contribution in [2.75, 3.05) is 57.8 Å². The smallest absolute Gasteiger partial charge is 0.329 e. The summed E-state index contributed by atoms with van der Waals surface area (Å²) >= 11 is 12.5. The highest BCUT2D eigenvalue weighted by Crippen LogP contribution is 2.33. The number of halogens is 2. The normalized spacial score (nSPS) is 19.9. The molecule has 2 heterocycles. The van der Waals surface area contributed by atoms with E-state index in [2.05, 4.69) is 20.5 Å². The molecule has 2 aliphatic heterocycles. The summed E-state index contributed by atoms with van der Waals surface area (Å²) in [5, 5.41) is 5.89. The van der Waals surface area contributed by atoms with Crippen molar-refractivity contribution in [2.24, 2.45) is 5.92 Å². The number of urea groups is 1. The van der Waals surface area contributed by atoms with Crippen molar-refractivity contribution in [1.82, 2.24) is 20.7 Å². The van der Waals surface area contributed by atoms with E-state index in [1.54, 1.807) is 7.05 Å². The Morgan fingerprint density at radius 2 is 1.81 bits per heavy atom. The Kier molecular flexibility index (Phi) is 7.47. The zero-order valence-corrected chi connectivity index (χ0v) is 17.4. The van der Waals surface area contributed by atoms with Crippen molar-refractivity contribution < 1.29 is 4.79 Å². The van der Waals surface area contributed by atoms with Gasteiger partial charge in [0.05, 0.1) is 15.7 Å². The first-order valence-corrected chi connectivity index (χ1v) is 10.5. The Labute approximate surface area is 171 Å². The van der Waals surface area contributed by atoms with Gasteiger partial charge in [-0.15, -0.1) is 0 Å². The van der Waals surface area contributed by atoms with E-state index in [4.69, 9.17) is 23.2 Å². The lowest BCUT2D eigenvalue weighted by Gasteiger charge is -2.38. The van der Waals surface area contributed by atoms with Crippen molar-refractivity contribution in [3.8, 4) is 0 Å². The van der Waals surface area contributed by atoms with Gasteiger partial charge in [-0.25, -0.2) is 9.80 Å². The van der Waals surface area contributed by atoms with Crippen LogP contribution in [0, 0.1) is 5.92 Å². The summed E-state index contributed by atoms with van der Waals surface area (Å²) in [6.45, 7) is 7.08. The molecule has 0 radical (unpaired) electrons. The number of piperidine rings is 1. The minimum absolute atomic E-state index is 0.133. The molecule has 0 spiro atoms. The first-order chi connectivity index (χ1) is 13.1. The van der Waals surface area contributed by atoms with Crippen LogP contribution in [0.2, 0.25) is 10.0 Å². The van der Waals surface area contributed by atoms with Crippen LogP contribution >= 0.6 is 23.2 Å². The number of piperazine rings is 1. The molecule has 0 saturated carbocycles. The van der Waals surface area contributed by atoms with Crippen molar-refractivity contribution in [2.45, 2.75) is 19.3 Å². The second-order valence-corrected chi connectivity index (χ2v) is 8.10. The molecule has 1 aromatic carbocycles. The highest BCUT2D eigenvalue weighted by Gasteiger charge is 2.23. The van der Waals surface area contributed by atoms with Crippen LogP contribution < -0.4 is 15.6 Å². The molecule has 2 aliphatic rings. The number of carbonyl (C=O) groups is 1. The van der Waals surface area contributed by atoms with E-state index in [0.717, 1.165) is 70.3 Å². The molecule has 27 heavy (non-hydrogen) atoms. The van der Waals surface area contributed by atoms with E-state index in [0.29, 0.717) is 10.0 Å². The number of carbonyl (C=O) groups excluding carboxylic acids is 1. The van der Waals surface area contributed by atoms with Gasteiger partial charge in [-0.2, -0.15) is 0 Å². The molecule has 2 amide bonds. The molecule has 6 nitrogen and oxygen atoms in total. The summed E-state index contributed by atoms with van der Waals surface area (Å²) in [4.78, 5) is 16.2. The zero-order valence-electron chi connectivity index (χ0n) is 15.9. The van der Waals surface area contributed by atoms with Gasteiger partial charge in [0.2, 0.25) is 0 Å². The largest absolute Gasteiger partial charge is 0.368 e. The minimum Gasteiger partial charge on any atom is -0.368 e. The van der Waals surface area contributed by atoms with Crippen molar-refractivity contribution in [3.63, 3.8) is 0 Å². The van der Waals surface area contributed by atoms with Gasteiger partial charge in [0, 0.05) is 46.3 Å². The SMILES string of the molecule is CNC(=O)NN1CCC(CCN2CCN(c3cccc(Cl)c3Cl)CC2)CC1. The third kappa shape index (κ3) is 5.64. The van der Waals surface area contributed by atoms with Crippen molar-refractivity contribution in [3.05, 3.63) is 28.2 Å². The van der Waals surface area contributed by atoms with Crippen LogP contribution in [0.4, 0.5) is 10.5 Å². The molecule has 2 N–H and O–H groups in total. The quantitative estimate of drug-likeness (QED) is 0.778. The van der Waals surface area contributed by atoms with Gasteiger partial charge in [0.25, 0.3) is 0 Å². The Bertz CT molecular complexity index is 629. The lowest BCUT2D eigenvalue weighted by Crippen LogP contribution is -2.50. The monoisotopic (exact) mass is 413 g/mol. The minimum atomic E-state index is -0.133. The molecule has 2 fully saturated rings. The zero-order chi connectivity index (χ0) is 19.2. The number of nitrogens with one attached hydrogen (secondary N) is 2. The highest BCUT2D eigenvalue weighted by molar-refractivity contribution is 6.43. The van der Waals surface area contributed by atoms with Crippen LogP contribution in [0.3, 0.4) is 0 Å². The number of rotatable bonds is 5. The molecule has 0 unspecified atom stereocenters. The standard InChI is InChI=1S/C19H29Cl2N5O/c1-22-19(27)23-26-9-6-15(7-10-26)5-8-24-11-13-25(14-12-24)17-4-2-3-16(20)18(17)21/h2-4,15H,5-14H2,1H3,(H2,22,23,27). The number of benzene rings is 1. The Balaban J connectivity index is 1.37. The molecule has 1 aromatic rings. The van der Waals surface area contributed by atoms with Gasteiger partial charge in [0.1, 0.15) is 0 Å². The molecule has 0 aromatic heterocycles. The second-order valence-electron chi connectivity index (χ2n) is 7.31. The molecular weight excluding hydrogens is 385 g/mol. The van der Waals surface area contributed by atoms with E-state index in [9.17, 15) is 4.79 Å². The summed E-state index contributed by atoms with van der Waals surface area (Å²) in [5.41, 5.74) is 3.91. The number of hydrazine groups is 1. The summed E-state index contributed by atoms with van der Waals surface area (Å²) in [6, 6.07) is 5.70. The summed E-state index contributed by atoms with van der Waals surface area (Å²) in [7, 11) is 1.64. The predicted octanol–water partition coefficient (Wildman–Crippen LogP) is 3.06. The van der Waals surface area contributed by atoms with Crippen LogP contribution in [0.15, 0.2) is 18.2 Å². The maximum atomic E-state index is 11.4.